The van der Waals surface area contributed by atoms with Crippen molar-refractivity contribution in [3.05, 3.63) is 23.8 Å². The standard InChI is InChI=1S/C23H38N6O2/c1-22(2,3)21-25-11-9-16(27-21)19(30)26-17-10-12-29(20(17)31)18-8-7-14(13-15(18)24)28-23(4,5)6/h9,11,14-15,17-18,28H,7-8,10,12-13,24H2,1-6H3,(H,26,30)/t14-,15-,17?,18+/m1/s1. The van der Waals surface area contributed by atoms with E-state index in [0.717, 1.165) is 19.3 Å². The highest BCUT2D eigenvalue weighted by molar-refractivity contribution is 5.96. The molecule has 4 N–H and O–H groups in total. The molecular formula is C23H38N6O2. The third-order valence-corrected chi connectivity index (χ3v) is 6.00. The van der Waals surface area contributed by atoms with E-state index >= 15 is 0 Å². The molecule has 2 amide bonds. The molecule has 2 heterocycles. The van der Waals surface area contributed by atoms with Gasteiger partial charge in [-0.3, -0.25) is 9.59 Å². The fourth-order valence-electron chi connectivity index (χ4n) is 4.56. The van der Waals surface area contributed by atoms with Gasteiger partial charge in [0.2, 0.25) is 5.91 Å². The molecule has 1 saturated carbocycles. The summed E-state index contributed by atoms with van der Waals surface area (Å²) in [5.74, 6) is 0.225. The van der Waals surface area contributed by atoms with Gasteiger partial charge in [-0.2, -0.15) is 0 Å². The Hall–Kier alpha value is -2.06. The fraction of sp³-hybridized carbons (Fsp3) is 0.739. The van der Waals surface area contributed by atoms with Crippen molar-refractivity contribution in [3.63, 3.8) is 0 Å². The van der Waals surface area contributed by atoms with E-state index in [1.54, 1.807) is 12.3 Å². The van der Waals surface area contributed by atoms with Gasteiger partial charge >= 0.3 is 0 Å². The first-order chi connectivity index (χ1) is 14.3. The minimum Gasteiger partial charge on any atom is -0.339 e. The second-order valence-electron chi connectivity index (χ2n) is 11.0. The lowest BCUT2D eigenvalue weighted by atomic mass is 9.85. The van der Waals surface area contributed by atoms with Crippen molar-refractivity contribution in [2.45, 2.75) is 102 Å². The first-order valence-electron chi connectivity index (χ1n) is 11.3. The molecule has 1 unspecified atom stereocenters. The molecule has 1 aromatic heterocycles. The van der Waals surface area contributed by atoms with Crippen LogP contribution >= 0.6 is 0 Å². The zero-order valence-electron chi connectivity index (χ0n) is 19.7. The lowest BCUT2D eigenvalue weighted by Crippen LogP contribution is -2.57. The van der Waals surface area contributed by atoms with Crippen molar-refractivity contribution >= 4 is 11.8 Å². The smallest absolute Gasteiger partial charge is 0.270 e. The molecule has 0 aromatic carbocycles. The molecule has 0 bridgehead atoms. The Kier molecular flexibility index (Phi) is 6.72. The Labute approximate surface area is 185 Å². The summed E-state index contributed by atoms with van der Waals surface area (Å²) in [4.78, 5) is 36.3. The lowest BCUT2D eigenvalue weighted by molar-refractivity contribution is -0.132. The third-order valence-electron chi connectivity index (χ3n) is 6.00. The minimum atomic E-state index is -0.529. The van der Waals surface area contributed by atoms with Crippen LogP contribution in [0.15, 0.2) is 12.3 Å². The molecule has 1 aliphatic carbocycles. The molecule has 1 aromatic rings. The number of hydrogen-bond donors (Lipinski definition) is 3. The maximum atomic E-state index is 13.1. The molecule has 2 fully saturated rings. The van der Waals surface area contributed by atoms with Crippen LogP contribution in [0.25, 0.3) is 0 Å². The minimum absolute atomic E-state index is 0.0268. The molecule has 172 valence electrons. The molecule has 8 heteroatoms. The average molecular weight is 431 g/mol. The number of hydrogen-bond acceptors (Lipinski definition) is 6. The summed E-state index contributed by atoms with van der Waals surface area (Å²) in [6, 6.07) is 1.39. The number of rotatable bonds is 4. The van der Waals surface area contributed by atoms with Crippen LogP contribution in [0.1, 0.15) is 83.5 Å². The van der Waals surface area contributed by atoms with Crippen LogP contribution in [0, 0.1) is 0 Å². The Balaban J connectivity index is 1.60. The van der Waals surface area contributed by atoms with E-state index in [1.807, 2.05) is 25.7 Å². The maximum absolute atomic E-state index is 13.1. The highest BCUT2D eigenvalue weighted by Crippen LogP contribution is 2.27. The topological polar surface area (TPSA) is 113 Å². The van der Waals surface area contributed by atoms with Gasteiger partial charge in [-0.25, -0.2) is 9.97 Å². The van der Waals surface area contributed by atoms with Crippen molar-refractivity contribution in [3.8, 4) is 0 Å². The van der Waals surface area contributed by atoms with Crippen LogP contribution < -0.4 is 16.4 Å². The molecule has 4 atom stereocenters. The number of nitrogens with two attached hydrogens (primary N) is 1. The second-order valence-corrected chi connectivity index (χ2v) is 11.0. The fourth-order valence-corrected chi connectivity index (χ4v) is 4.56. The molecule has 1 saturated heterocycles. The predicted molar refractivity (Wildman–Crippen MR) is 121 cm³/mol. The number of carbonyl (C=O) groups is 2. The van der Waals surface area contributed by atoms with Crippen LogP contribution in [0.3, 0.4) is 0 Å². The zero-order chi connectivity index (χ0) is 23.0. The van der Waals surface area contributed by atoms with E-state index in [9.17, 15) is 9.59 Å². The quantitative estimate of drug-likeness (QED) is 0.671. The highest BCUT2D eigenvalue weighted by atomic mass is 16.2. The second kappa shape index (κ2) is 8.82. The van der Waals surface area contributed by atoms with Gasteiger partial charge in [0, 0.05) is 41.8 Å². The lowest BCUT2D eigenvalue weighted by Gasteiger charge is -2.41. The van der Waals surface area contributed by atoms with E-state index < -0.39 is 6.04 Å². The van der Waals surface area contributed by atoms with Gasteiger partial charge in [0.15, 0.2) is 0 Å². The molecular weight excluding hydrogens is 392 g/mol. The van der Waals surface area contributed by atoms with Crippen LogP contribution in [0.2, 0.25) is 0 Å². The number of nitrogens with one attached hydrogen (secondary N) is 2. The molecule has 31 heavy (non-hydrogen) atoms. The van der Waals surface area contributed by atoms with Crippen LogP contribution in [-0.2, 0) is 10.2 Å². The maximum Gasteiger partial charge on any atom is 0.270 e. The number of aromatic nitrogens is 2. The van der Waals surface area contributed by atoms with E-state index in [-0.39, 0.29) is 40.5 Å². The highest BCUT2D eigenvalue weighted by Gasteiger charge is 2.41. The SMILES string of the molecule is CC(C)(C)N[C@@H]1CC[C@H](N2CCC(NC(=O)c3ccnc(C(C)(C)C)n3)C2=O)[C@H](N)C1. The first kappa shape index (κ1) is 23.6. The van der Waals surface area contributed by atoms with Crippen LogP contribution in [0.5, 0.6) is 0 Å². The Morgan fingerprint density at radius 1 is 1.16 bits per heavy atom. The summed E-state index contributed by atoms with van der Waals surface area (Å²) in [6.07, 6.45) is 4.90. The Bertz CT molecular complexity index is 813. The summed E-state index contributed by atoms with van der Waals surface area (Å²) >= 11 is 0. The average Bonchev–Trinajstić information content (AvgIpc) is 3.00. The van der Waals surface area contributed by atoms with Gasteiger partial charge < -0.3 is 21.3 Å². The summed E-state index contributed by atoms with van der Waals surface area (Å²) < 4.78 is 0. The van der Waals surface area contributed by atoms with Gasteiger partial charge in [0.1, 0.15) is 17.6 Å². The largest absolute Gasteiger partial charge is 0.339 e. The van der Waals surface area contributed by atoms with Gasteiger partial charge in [0.25, 0.3) is 5.91 Å². The van der Waals surface area contributed by atoms with E-state index in [2.05, 4.69) is 41.4 Å². The molecule has 8 nitrogen and oxygen atoms in total. The summed E-state index contributed by atoms with van der Waals surface area (Å²) in [5, 5.41) is 6.50. The Morgan fingerprint density at radius 3 is 2.48 bits per heavy atom. The van der Waals surface area contributed by atoms with Gasteiger partial charge in [-0.15, -0.1) is 0 Å². The van der Waals surface area contributed by atoms with Crippen LogP contribution in [-0.4, -0.2) is 62.9 Å². The molecule has 0 spiro atoms. The number of nitrogens with zero attached hydrogens (tertiary/aromatic N) is 3. The normalized spacial score (nSPS) is 27.5. The summed E-state index contributed by atoms with van der Waals surface area (Å²) in [7, 11) is 0. The molecule has 1 aliphatic heterocycles. The monoisotopic (exact) mass is 430 g/mol. The van der Waals surface area contributed by atoms with Crippen molar-refractivity contribution in [1.82, 2.24) is 25.5 Å². The summed E-state index contributed by atoms with van der Waals surface area (Å²) in [6.45, 7) is 13.1. The third kappa shape index (κ3) is 5.80. The van der Waals surface area contributed by atoms with Crippen molar-refractivity contribution < 1.29 is 9.59 Å². The van der Waals surface area contributed by atoms with Gasteiger partial charge in [0.05, 0.1) is 0 Å². The van der Waals surface area contributed by atoms with E-state index in [4.69, 9.17) is 5.73 Å². The van der Waals surface area contributed by atoms with Gasteiger partial charge in [-0.1, -0.05) is 20.8 Å². The van der Waals surface area contributed by atoms with Gasteiger partial charge in [-0.05, 0) is 52.5 Å². The predicted octanol–water partition coefficient (Wildman–Crippen LogP) is 1.74. The van der Waals surface area contributed by atoms with Crippen molar-refractivity contribution in [2.75, 3.05) is 6.54 Å². The number of likely N-dealkylation sites (tertiary alicyclic amines) is 1. The zero-order valence-corrected chi connectivity index (χ0v) is 19.7. The van der Waals surface area contributed by atoms with Crippen molar-refractivity contribution in [2.24, 2.45) is 5.73 Å². The van der Waals surface area contributed by atoms with E-state index in [0.29, 0.717) is 24.8 Å². The summed E-state index contributed by atoms with van der Waals surface area (Å²) in [5.41, 5.74) is 6.56. The molecule has 3 rings (SSSR count). The number of carbonyl (C=O) groups excluding carboxylic acids is 2. The van der Waals surface area contributed by atoms with Crippen LogP contribution in [0.4, 0.5) is 0 Å². The number of amides is 2. The van der Waals surface area contributed by atoms with E-state index in [1.165, 1.54) is 0 Å². The first-order valence-corrected chi connectivity index (χ1v) is 11.3. The van der Waals surface area contributed by atoms with Crippen molar-refractivity contribution in [1.29, 1.82) is 0 Å². The molecule has 0 radical (unpaired) electrons. The molecule has 2 aliphatic rings. The Morgan fingerprint density at radius 2 is 1.87 bits per heavy atom.